The van der Waals surface area contributed by atoms with Gasteiger partial charge in [0.2, 0.25) is 0 Å². The van der Waals surface area contributed by atoms with Gasteiger partial charge >= 0.3 is 0 Å². The molecule has 0 aliphatic heterocycles. The highest BCUT2D eigenvalue weighted by atomic mass is 19.1. The second-order valence-corrected chi connectivity index (χ2v) is 4.26. The number of hydrogen-bond donors (Lipinski definition) is 2. The van der Waals surface area contributed by atoms with Crippen LogP contribution in [-0.4, -0.2) is 19.2 Å². The Morgan fingerprint density at radius 3 is 2.88 bits per heavy atom. The third-order valence-electron chi connectivity index (χ3n) is 3.00. The van der Waals surface area contributed by atoms with Gasteiger partial charge in [0.15, 0.2) is 0 Å². The second kappa shape index (κ2) is 4.70. The van der Waals surface area contributed by atoms with Crippen LogP contribution in [0.5, 0.6) is 5.75 Å². The van der Waals surface area contributed by atoms with Crippen molar-refractivity contribution < 1.29 is 9.13 Å². The van der Waals surface area contributed by atoms with E-state index in [-0.39, 0.29) is 11.9 Å². The van der Waals surface area contributed by atoms with E-state index in [0.29, 0.717) is 11.8 Å². The van der Waals surface area contributed by atoms with Gasteiger partial charge in [-0.2, -0.15) is 0 Å². The van der Waals surface area contributed by atoms with Gasteiger partial charge in [-0.25, -0.2) is 4.39 Å². The molecule has 2 atom stereocenters. The molecule has 1 saturated carbocycles. The van der Waals surface area contributed by atoms with Crippen LogP contribution >= 0.6 is 0 Å². The van der Waals surface area contributed by atoms with E-state index in [2.05, 4.69) is 5.32 Å². The van der Waals surface area contributed by atoms with E-state index in [4.69, 9.17) is 10.5 Å². The predicted octanol–water partition coefficient (Wildman–Crippen LogP) is 2.13. The number of benzene rings is 1. The van der Waals surface area contributed by atoms with E-state index in [1.54, 1.807) is 13.2 Å². The Bertz CT molecular complexity index is 370. The van der Waals surface area contributed by atoms with E-state index < -0.39 is 0 Å². The molecule has 88 valence electrons. The largest absolute Gasteiger partial charge is 0.494 e. The fourth-order valence-electron chi connectivity index (χ4n) is 2.15. The summed E-state index contributed by atoms with van der Waals surface area (Å²) in [5.74, 6) is 0.256. The van der Waals surface area contributed by atoms with Crippen LogP contribution in [0.15, 0.2) is 18.2 Å². The summed E-state index contributed by atoms with van der Waals surface area (Å²) in [7, 11) is 1.54. The van der Waals surface area contributed by atoms with Gasteiger partial charge in [0.1, 0.15) is 11.6 Å². The van der Waals surface area contributed by atoms with Crippen molar-refractivity contribution >= 4 is 5.69 Å². The van der Waals surface area contributed by atoms with Gasteiger partial charge in [-0.3, -0.25) is 0 Å². The fourth-order valence-corrected chi connectivity index (χ4v) is 2.15. The van der Waals surface area contributed by atoms with Gasteiger partial charge in [-0.05, 0) is 31.4 Å². The SMILES string of the molecule is COc1cc(F)ccc1NC1CCC(N)C1. The first-order valence-electron chi connectivity index (χ1n) is 5.54. The van der Waals surface area contributed by atoms with E-state index in [1.165, 1.54) is 12.1 Å². The molecule has 3 nitrogen and oxygen atoms in total. The molecule has 0 saturated heterocycles. The lowest BCUT2D eigenvalue weighted by molar-refractivity contribution is 0.412. The minimum atomic E-state index is -0.287. The molecule has 0 bridgehead atoms. The van der Waals surface area contributed by atoms with Crippen LogP contribution in [0.3, 0.4) is 0 Å². The molecule has 1 aromatic carbocycles. The molecule has 2 unspecified atom stereocenters. The molecule has 1 aliphatic rings. The summed E-state index contributed by atoms with van der Waals surface area (Å²) in [6, 6.07) is 5.17. The number of rotatable bonds is 3. The van der Waals surface area contributed by atoms with Gasteiger partial charge in [-0.1, -0.05) is 0 Å². The number of ether oxygens (including phenoxy) is 1. The van der Waals surface area contributed by atoms with Crippen LogP contribution < -0.4 is 15.8 Å². The second-order valence-electron chi connectivity index (χ2n) is 4.26. The molecule has 1 aromatic rings. The molecule has 0 radical (unpaired) electrons. The molecule has 4 heteroatoms. The Kier molecular flexibility index (Phi) is 3.29. The Morgan fingerprint density at radius 1 is 1.44 bits per heavy atom. The lowest BCUT2D eigenvalue weighted by Crippen LogP contribution is -2.21. The van der Waals surface area contributed by atoms with E-state index in [9.17, 15) is 4.39 Å². The smallest absolute Gasteiger partial charge is 0.144 e. The third-order valence-corrected chi connectivity index (χ3v) is 3.00. The summed E-state index contributed by atoms with van der Waals surface area (Å²) in [6.45, 7) is 0. The van der Waals surface area contributed by atoms with Crippen molar-refractivity contribution in [2.45, 2.75) is 31.3 Å². The summed E-state index contributed by atoms with van der Waals surface area (Å²) >= 11 is 0. The molecule has 0 aromatic heterocycles. The molecule has 1 fully saturated rings. The van der Waals surface area contributed by atoms with Crippen LogP contribution in [0.4, 0.5) is 10.1 Å². The van der Waals surface area contributed by atoms with Gasteiger partial charge < -0.3 is 15.8 Å². The highest BCUT2D eigenvalue weighted by Crippen LogP contribution is 2.29. The monoisotopic (exact) mass is 224 g/mol. The van der Waals surface area contributed by atoms with Crippen molar-refractivity contribution in [2.75, 3.05) is 12.4 Å². The van der Waals surface area contributed by atoms with E-state index in [0.717, 1.165) is 24.9 Å². The quantitative estimate of drug-likeness (QED) is 0.826. The van der Waals surface area contributed by atoms with Crippen LogP contribution in [0.2, 0.25) is 0 Å². The van der Waals surface area contributed by atoms with Crippen molar-refractivity contribution in [3.63, 3.8) is 0 Å². The molecule has 16 heavy (non-hydrogen) atoms. The Labute approximate surface area is 94.8 Å². The van der Waals surface area contributed by atoms with Crippen molar-refractivity contribution in [3.05, 3.63) is 24.0 Å². The summed E-state index contributed by atoms with van der Waals surface area (Å²) in [5.41, 5.74) is 6.68. The molecule has 0 amide bonds. The maximum absolute atomic E-state index is 13.0. The first-order valence-corrected chi connectivity index (χ1v) is 5.54. The zero-order valence-corrected chi connectivity index (χ0v) is 9.37. The number of anilines is 1. The number of nitrogens with one attached hydrogen (secondary N) is 1. The summed E-state index contributed by atoms with van der Waals surface area (Å²) < 4.78 is 18.1. The maximum atomic E-state index is 13.0. The normalized spacial score (nSPS) is 24.4. The number of nitrogens with two attached hydrogens (primary N) is 1. The zero-order chi connectivity index (χ0) is 11.5. The van der Waals surface area contributed by atoms with E-state index >= 15 is 0 Å². The third kappa shape index (κ3) is 2.44. The van der Waals surface area contributed by atoms with Crippen LogP contribution in [-0.2, 0) is 0 Å². The predicted molar refractivity (Wildman–Crippen MR) is 62.2 cm³/mol. The van der Waals surface area contributed by atoms with Crippen molar-refractivity contribution in [2.24, 2.45) is 5.73 Å². The highest BCUT2D eigenvalue weighted by molar-refractivity contribution is 5.57. The zero-order valence-electron chi connectivity index (χ0n) is 9.37. The number of methoxy groups -OCH3 is 1. The van der Waals surface area contributed by atoms with Gasteiger partial charge in [-0.15, -0.1) is 0 Å². The van der Waals surface area contributed by atoms with Crippen molar-refractivity contribution in [1.29, 1.82) is 0 Å². The first-order chi connectivity index (χ1) is 7.69. The molecule has 0 heterocycles. The average molecular weight is 224 g/mol. The van der Waals surface area contributed by atoms with Crippen LogP contribution in [0, 0.1) is 5.82 Å². The Morgan fingerprint density at radius 2 is 2.25 bits per heavy atom. The average Bonchev–Trinajstić information content (AvgIpc) is 2.67. The van der Waals surface area contributed by atoms with Crippen LogP contribution in [0.25, 0.3) is 0 Å². The Hall–Kier alpha value is -1.29. The van der Waals surface area contributed by atoms with Crippen molar-refractivity contribution in [1.82, 2.24) is 0 Å². The molecule has 3 N–H and O–H groups in total. The fraction of sp³-hybridized carbons (Fsp3) is 0.500. The maximum Gasteiger partial charge on any atom is 0.144 e. The summed E-state index contributed by atoms with van der Waals surface area (Å²) in [6.07, 6.45) is 3.06. The highest BCUT2D eigenvalue weighted by Gasteiger charge is 2.22. The molecular formula is C12H17FN2O. The lowest BCUT2D eigenvalue weighted by atomic mass is 10.2. The molecular weight excluding hydrogens is 207 g/mol. The molecule has 1 aliphatic carbocycles. The minimum Gasteiger partial charge on any atom is -0.494 e. The molecule has 2 rings (SSSR count). The van der Waals surface area contributed by atoms with Gasteiger partial charge in [0, 0.05) is 18.2 Å². The standard InChI is InChI=1S/C12H17FN2O/c1-16-12-6-8(13)2-5-11(12)15-10-4-3-9(14)7-10/h2,5-6,9-10,15H,3-4,7,14H2,1H3. The lowest BCUT2D eigenvalue weighted by Gasteiger charge is -2.16. The first kappa shape index (κ1) is 11.2. The minimum absolute atomic E-state index is 0.281. The van der Waals surface area contributed by atoms with Crippen molar-refractivity contribution in [3.8, 4) is 5.75 Å². The topological polar surface area (TPSA) is 47.3 Å². The van der Waals surface area contributed by atoms with Crippen LogP contribution in [0.1, 0.15) is 19.3 Å². The van der Waals surface area contributed by atoms with E-state index in [1.807, 2.05) is 0 Å². The van der Waals surface area contributed by atoms with Gasteiger partial charge in [0.25, 0.3) is 0 Å². The molecule has 0 spiro atoms. The number of hydrogen-bond acceptors (Lipinski definition) is 3. The van der Waals surface area contributed by atoms with Gasteiger partial charge in [0.05, 0.1) is 12.8 Å². The Balaban J connectivity index is 2.08. The summed E-state index contributed by atoms with van der Waals surface area (Å²) in [5, 5.41) is 3.35. The summed E-state index contributed by atoms with van der Waals surface area (Å²) in [4.78, 5) is 0. The number of halogens is 1.